The molecule has 1 fully saturated rings. The number of aryl methyl sites for hydroxylation is 1. The molecular formula is C31H22FN3O4S2. The number of nitrogens with zero attached hydrogens (tertiary/aromatic N) is 3. The Kier molecular flexibility index (Phi) is 7.02. The molecule has 1 saturated heterocycles. The maximum atomic E-state index is 14.3. The van der Waals surface area contributed by atoms with E-state index in [9.17, 15) is 24.2 Å². The Morgan fingerprint density at radius 2 is 1.76 bits per heavy atom. The predicted molar refractivity (Wildman–Crippen MR) is 157 cm³/mol. The van der Waals surface area contributed by atoms with Crippen LogP contribution in [0.2, 0.25) is 0 Å². The van der Waals surface area contributed by atoms with Crippen LogP contribution < -0.4 is 4.90 Å². The van der Waals surface area contributed by atoms with E-state index in [1.54, 1.807) is 19.1 Å². The van der Waals surface area contributed by atoms with Crippen LogP contribution in [0.25, 0.3) is 16.5 Å². The number of ketones is 1. The number of aromatic hydroxyl groups is 1. The summed E-state index contributed by atoms with van der Waals surface area (Å²) in [5.41, 5.74) is 1.82. The Hall–Kier alpha value is -4.54. The van der Waals surface area contributed by atoms with E-state index in [0.29, 0.717) is 21.2 Å². The van der Waals surface area contributed by atoms with E-state index in [4.69, 9.17) is 0 Å². The fourth-order valence-corrected chi connectivity index (χ4v) is 6.69. The molecular weight excluding hydrogens is 561 g/mol. The van der Waals surface area contributed by atoms with Gasteiger partial charge in [-0.05, 0) is 52.6 Å². The second-order valence-electron chi connectivity index (χ2n) is 9.50. The van der Waals surface area contributed by atoms with E-state index in [1.807, 2.05) is 18.2 Å². The summed E-state index contributed by atoms with van der Waals surface area (Å²) in [6, 6.07) is 23.2. The summed E-state index contributed by atoms with van der Waals surface area (Å²) in [7, 11) is 0. The number of anilines is 1. The maximum Gasteiger partial charge on any atom is 0.301 e. The molecule has 1 aliphatic rings. The quantitative estimate of drug-likeness (QED) is 0.0748. The standard InChI is InChI=1S/C31H22FN3O4S2/c1-17-9-10-20(15-24(17)32)27(37)25-26(19-11-13-22(36)14-12-19)35(29(39)28(25)38)30-33-34-31(41-30)40-16-21-7-4-6-18-5-2-3-8-23(18)21/h2-15,26,36-37H,16H2,1H3/t26-/m1/s1. The third kappa shape index (κ3) is 4.96. The van der Waals surface area contributed by atoms with Crippen molar-refractivity contribution in [2.45, 2.75) is 23.1 Å². The number of halogens is 1. The Bertz CT molecular complexity index is 1850. The second-order valence-corrected chi connectivity index (χ2v) is 11.7. The highest BCUT2D eigenvalue weighted by Gasteiger charge is 2.48. The van der Waals surface area contributed by atoms with Gasteiger partial charge in [0.15, 0.2) is 4.34 Å². The Morgan fingerprint density at radius 1 is 1.00 bits per heavy atom. The van der Waals surface area contributed by atoms with Crippen molar-refractivity contribution in [2.24, 2.45) is 0 Å². The predicted octanol–water partition coefficient (Wildman–Crippen LogP) is 6.76. The number of benzene rings is 4. The zero-order valence-corrected chi connectivity index (χ0v) is 23.2. The molecule has 6 rings (SSSR count). The van der Waals surface area contributed by atoms with Gasteiger partial charge in [0.1, 0.15) is 17.3 Å². The fourth-order valence-electron chi connectivity index (χ4n) is 4.81. The van der Waals surface area contributed by atoms with Gasteiger partial charge in [0.2, 0.25) is 5.13 Å². The van der Waals surface area contributed by atoms with Crippen LogP contribution in [0.15, 0.2) is 94.8 Å². The van der Waals surface area contributed by atoms with Crippen molar-refractivity contribution in [1.29, 1.82) is 0 Å². The minimum atomic E-state index is -1.07. The molecule has 0 saturated carbocycles. The van der Waals surface area contributed by atoms with Gasteiger partial charge >= 0.3 is 5.91 Å². The number of rotatable bonds is 6. The van der Waals surface area contributed by atoms with E-state index in [2.05, 4.69) is 34.5 Å². The van der Waals surface area contributed by atoms with Crippen molar-refractivity contribution in [3.8, 4) is 5.75 Å². The van der Waals surface area contributed by atoms with Crippen LogP contribution in [0.3, 0.4) is 0 Å². The fraction of sp³-hybridized carbons (Fsp3) is 0.0968. The zero-order valence-electron chi connectivity index (χ0n) is 21.6. The number of aliphatic hydroxyl groups excluding tert-OH is 1. The number of fused-ring (bicyclic) bond motifs is 1. The molecule has 1 aromatic heterocycles. The first-order chi connectivity index (χ1) is 19.8. The summed E-state index contributed by atoms with van der Waals surface area (Å²) in [5.74, 6) is -2.26. The van der Waals surface area contributed by atoms with E-state index >= 15 is 0 Å². The van der Waals surface area contributed by atoms with Gasteiger partial charge < -0.3 is 10.2 Å². The van der Waals surface area contributed by atoms with Crippen LogP contribution in [0.4, 0.5) is 9.52 Å². The molecule has 1 atom stereocenters. The van der Waals surface area contributed by atoms with E-state index in [0.717, 1.165) is 33.7 Å². The number of amides is 1. The number of aromatic nitrogens is 2. The molecule has 1 amide bonds. The zero-order chi connectivity index (χ0) is 28.7. The number of hydrogen-bond acceptors (Lipinski definition) is 8. The monoisotopic (exact) mass is 583 g/mol. The van der Waals surface area contributed by atoms with Crippen LogP contribution >= 0.6 is 23.1 Å². The number of carbonyl (C=O) groups excluding carboxylic acids is 2. The normalized spacial score (nSPS) is 16.5. The van der Waals surface area contributed by atoms with Gasteiger partial charge in [-0.15, -0.1) is 10.2 Å². The smallest absolute Gasteiger partial charge is 0.301 e. The number of aliphatic hydroxyl groups is 1. The van der Waals surface area contributed by atoms with Gasteiger partial charge in [0.25, 0.3) is 5.78 Å². The van der Waals surface area contributed by atoms with Gasteiger partial charge in [0, 0.05) is 11.3 Å². The van der Waals surface area contributed by atoms with Crippen molar-refractivity contribution in [1.82, 2.24) is 10.2 Å². The van der Waals surface area contributed by atoms with Gasteiger partial charge in [-0.3, -0.25) is 14.5 Å². The third-order valence-electron chi connectivity index (χ3n) is 6.93. The summed E-state index contributed by atoms with van der Waals surface area (Å²) < 4.78 is 14.9. The highest BCUT2D eigenvalue weighted by Crippen LogP contribution is 2.44. The van der Waals surface area contributed by atoms with Crippen molar-refractivity contribution in [3.05, 3.63) is 119 Å². The highest BCUT2D eigenvalue weighted by atomic mass is 32.2. The Labute approximate surface area is 242 Å². The second kappa shape index (κ2) is 10.8. The van der Waals surface area contributed by atoms with Crippen molar-refractivity contribution < 1.29 is 24.2 Å². The lowest BCUT2D eigenvalue weighted by atomic mass is 9.95. The summed E-state index contributed by atoms with van der Waals surface area (Å²) in [6.07, 6.45) is 0. The first-order valence-electron chi connectivity index (χ1n) is 12.6. The average Bonchev–Trinajstić information content (AvgIpc) is 3.55. The van der Waals surface area contributed by atoms with Gasteiger partial charge in [0.05, 0.1) is 11.6 Å². The van der Waals surface area contributed by atoms with E-state index in [-0.39, 0.29) is 22.0 Å². The molecule has 0 unspecified atom stereocenters. The van der Waals surface area contributed by atoms with Crippen molar-refractivity contribution >= 4 is 56.5 Å². The minimum Gasteiger partial charge on any atom is -0.508 e. The molecule has 2 heterocycles. The van der Waals surface area contributed by atoms with Crippen LogP contribution in [-0.4, -0.2) is 32.1 Å². The number of phenolic OH excluding ortho intramolecular Hbond substituents is 1. The lowest BCUT2D eigenvalue weighted by molar-refractivity contribution is -0.132. The Morgan fingerprint density at radius 3 is 2.54 bits per heavy atom. The molecule has 7 nitrogen and oxygen atoms in total. The molecule has 10 heteroatoms. The topological polar surface area (TPSA) is 104 Å². The largest absolute Gasteiger partial charge is 0.508 e. The molecule has 0 bridgehead atoms. The van der Waals surface area contributed by atoms with Gasteiger partial charge in [-0.25, -0.2) is 4.39 Å². The number of thioether (sulfide) groups is 1. The van der Waals surface area contributed by atoms with Crippen molar-refractivity contribution in [2.75, 3.05) is 4.90 Å². The molecule has 41 heavy (non-hydrogen) atoms. The molecule has 4 aromatic carbocycles. The van der Waals surface area contributed by atoms with E-state index in [1.165, 1.54) is 40.9 Å². The summed E-state index contributed by atoms with van der Waals surface area (Å²) in [5, 5.41) is 32.0. The van der Waals surface area contributed by atoms with Crippen LogP contribution in [0, 0.1) is 12.7 Å². The molecule has 0 spiro atoms. The first-order valence-corrected chi connectivity index (χ1v) is 14.4. The molecule has 204 valence electrons. The SMILES string of the molecule is Cc1ccc(C(O)=C2C(=O)C(=O)N(c3nnc(SCc4cccc5ccccc45)s3)[C@@H]2c2ccc(O)cc2)cc1F. The molecule has 2 N–H and O–H groups in total. The summed E-state index contributed by atoms with van der Waals surface area (Å²) in [6.45, 7) is 1.58. The van der Waals surface area contributed by atoms with Crippen LogP contribution in [-0.2, 0) is 15.3 Å². The molecule has 0 aliphatic carbocycles. The number of hydrogen-bond donors (Lipinski definition) is 2. The third-order valence-corrected chi connectivity index (χ3v) is 9.04. The van der Waals surface area contributed by atoms with Crippen LogP contribution in [0.5, 0.6) is 5.75 Å². The van der Waals surface area contributed by atoms with Crippen LogP contribution in [0.1, 0.15) is 28.3 Å². The summed E-state index contributed by atoms with van der Waals surface area (Å²) >= 11 is 2.62. The first kappa shape index (κ1) is 26.7. The molecule has 1 aliphatic heterocycles. The number of Topliss-reactive ketones (excluding diaryl/α,β-unsaturated/α-hetero) is 1. The average molecular weight is 584 g/mol. The lowest BCUT2D eigenvalue weighted by Crippen LogP contribution is -2.29. The minimum absolute atomic E-state index is 0.00524. The Balaban J connectivity index is 1.37. The lowest BCUT2D eigenvalue weighted by Gasteiger charge is -2.22. The van der Waals surface area contributed by atoms with E-state index < -0.39 is 29.3 Å². The van der Waals surface area contributed by atoms with Gasteiger partial charge in [-0.2, -0.15) is 0 Å². The number of carbonyl (C=O) groups is 2. The number of phenols is 1. The summed E-state index contributed by atoms with van der Waals surface area (Å²) in [4.78, 5) is 27.9. The van der Waals surface area contributed by atoms with Crippen molar-refractivity contribution in [3.63, 3.8) is 0 Å². The maximum absolute atomic E-state index is 14.3. The van der Waals surface area contributed by atoms with Gasteiger partial charge in [-0.1, -0.05) is 89.8 Å². The highest BCUT2D eigenvalue weighted by molar-refractivity contribution is 8.00. The molecule has 5 aromatic rings. The molecule has 0 radical (unpaired) electrons.